The standard InChI is InChI=1S/C11H14O2S/c12-11(13)7-4-8-14-9-10-5-2-1-3-6-10/h1-3,5-6H,4,7-9H2,(H,12,13). The number of hydrogen-bond donors (Lipinski definition) is 1. The zero-order valence-corrected chi connectivity index (χ0v) is 8.80. The summed E-state index contributed by atoms with van der Waals surface area (Å²) >= 11 is 1.78. The van der Waals surface area contributed by atoms with Gasteiger partial charge in [0.2, 0.25) is 0 Å². The molecule has 14 heavy (non-hydrogen) atoms. The van der Waals surface area contributed by atoms with Crippen LogP contribution in [0.3, 0.4) is 0 Å². The highest BCUT2D eigenvalue weighted by Gasteiger charge is 1.96. The lowest BCUT2D eigenvalue weighted by atomic mass is 10.2. The van der Waals surface area contributed by atoms with Gasteiger partial charge in [0.1, 0.15) is 0 Å². The first-order valence-electron chi connectivity index (χ1n) is 4.62. The molecule has 0 atom stereocenters. The Morgan fingerprint density at radius 2 is 2.00 bits per heavy atom. The van der Waals surface area contributed by atoms with Crippen molar-refractivity contribution in [2.24, 2.45) is 0 Å². The Balaban J connectivity index is 2.08. The molecule has 0 heterocycles. The molecule has 0 aliphatic rings. The Hall–Kier alpha value is -0.960. The Bertz CT molecular complexity index is 272. The Morgan fingerprint density at radius 3 is 2.64 bits per heavy atom. The lowest BCUT2D eigenvalue weighted by molar-refractivity contribution is -0.137. The van der Waals surface area contributed by atoms with Crippen LogP contribution in [0.1, 0.15) is 18.4 Å². The summed E-state index contributed by atoms with van der Waals surface area (Å²) in [5.74, 6) is 1.19. The Kier molecular flexibility index (Phi) is 5.15. The van der Waals surface area contributed by atoms with Crippen LogP contribution in [0.5, 0.6) is 0 Å². The van der Waals surface area contributed by atoms with E-state index in [1.807, 2.05) is 18.2 Å². The number of benzene rings is 1. The van der Waals surface area contributed by atoms with Gasteiger partial charge in [-0.2, -0.15) is 11.8 Å². The Labute approximate surface area is 88.3 Å². The second-order valence-corrected chi connectivity index (χ2v) is 4.14. The summed E-state index contributed by atoms with van der Waals surface area (Å²) in [6.45, 7) is 0. The van der Waals surface area contributed by atoms with Crippen molar-refractivity contribution in [1.82, 2.24) is 0 Å². The van der Waals surface area contributed by atoms with Crippen molar-refractivity contribution in [2.45, 2.75) is 18.6 Å². The highest BCUT2D eigenvalue weighted by atomic mass is 32.2. The maximum atomic E-state index is 10.2. The Morgan fingerprint density at radius 1 is 1.29 bits per heavy atom. The first-order valence-corrected chi connectivity index (χ1v) is 5.78. The summed E-state index contributed by atoms with van der Waals surface area (Å²) < 4.78 is 0. The average Bonchev–Trinajstić information content (AvgIpc) is 2.18. The number of rotatable bonds is 6. The monoisotopic (exact) mass is 210 g/mol. The highest BCUT2D eigenvalue weighted by molar-refractivity contribution is 7.98. The van der Waals surface area contributed by atoms with Crippen LogP contribution in [0, 0.1) is 0 Å². The summed E-state index contributed by atoms with van der Waals surface area (Å²) in [6.07, 6.45) is 1.04. The van der Waals surface area contributed by atoms with Crippen LogP contribution in [-0.2, 0) is 10.5 Å². The van der Waals surface area contributed by atoms with Gasteiger partial charge in [-0.05, 0) is 17.7 Å². The minimum atomic E-state index is -0.703. The third kappa shape index (κ3) is 4.92. The van der Waals surface area contributed by atoms with Gasteiger partial charge in [0.05, 0.1) is 0 Å². The maximum Gasteiger partial charge on any atom is 0.303 e. The molecule has 3 heteroatoms. The van der Waals surface area contributed by atoms with Crippen molar-refractivity contribution in [3.63, 3.8) is 0 Å². The molecule has 0 saturated carbocycles. The maximum absolute atomic E-state index is 10.2. The molecule has 0 bridgehead atoms. The minimum absolute atomic E-state index is 0.280. The van der Waals surface area contributed by atoms with Crippen LogP contribution in [0.2, 0.25) is 0 Å². The lowest BCUT2D eigenvalue weighted by Crippen LogP contribution is -1.95. The molecular formula is C11H14O2S. The van der Waals surface area contributed by atoms with Crippen LogP contribution in [-0.4, -0.2) is 16.8 Å². The molecule has 1 N–H and O–H groups in total. The molecule has 0 amide bonds. The molecule has 2 nitrogen and oxygen atoms in total. The van der Waals surface area contributed by atoms with Crippen LogP contribution in [0.15, 0.2) is 30.3 Å². The fourth-order valence-electron chi connectivity index (χ4n) is 1.09. The van der Waals surface area contributed by atoms with E-state index in [9.17, 15) is 4.79 Å². The van der Waals surface area contributed by atoms with E-state index >= 15 is 0 Å². The molecule has 0 aromatic heterocycles. The number of carbonyl (C=O) groups is 1. The van der Waals surface area contributed by atoms with Crippen molar-refractivity contribution in [2.75, 3.05) is 5.75 Å². The first kappa shape index (κ1) is 11.1. The van der Waals surface area contributed by atoms with Gasteiger partial charge < -0.3 is 5.11 Å². The van der Waals surface area contributed by atoms with Gasteiger partial charge in [0.15, 0.2) is 0 Å². The van der Waals surface area contributed by atoms with Crippen molar-refractivity contribution < 1.29 is 9.90 Å². The minimum Gasteiger partial charge on any atom is -0.481 e. The van der Waals surface area contributed by atoms with Gasteiger partial charge in [-0.3, -0.25) is 4.79 Å². The zero-order valence-electron chi connectivity index (χ0n) is 7.98. The molecule has 1 aromatic carbocycles. The summed E-state index contributed by atoms with van der Waals surface area (Å²) in [5.41, 5.74) is 1.30. The summed E-state index contributed by atoms with van der Waals surface area (Å²) in [7, 11) is 0. The molecule has 1 rings (SSSR count). The molecule has 0 spiro atoms. The molecule has 76 valence electrons. The largest absolute Gasteiger partial charge is 0.481 e. The average molecular weight is 210 g/mol. The zero-order chi connectivity index (χ0) is 10.2. The number of thioether (sulfide) groups is 1. The molecule has 0 radical (unpaired) electrons. The molecule has 0 aliphatic heterocycles. The van der Waals surface area contributed by atoms with Crippen molar-refractivity contribution in [1.29, 1.82) is 0 Å². The van der Waals surface area contributed by atoms with Crippen LogP contribution in [0.4, 0.5) is 0 Å². The number of carboxylic acid groups (broad SMARTS) is 1. The van der Waals surface area contributed by atoms with Gasteiger partial charge in [0, 0.05) is 12.2 Å². The normalized spacial score (nSPS) is 10.0. The molecular weight excluding hydrogens is 196 g/mol. The van der Waals surface area contributed by atoms with E-state index in [1.54, 1.807) is 11.8 Å². The van der Waals surface area contributed by atoms with Crippen molar-refractivity contribution in [3.05, 3.63) is 35.9 Å². The van der Waals surface area contributed by atoms with Crippen LogP contribution >= 0.6 is 11.8 Å². The summed E-state index contributed by atoms with van der Waals surface area (Å²) in [6, 6.07) is 10.2. The number of hydrogen-bond acceptors (Lipinski definition) is 2. The quantitative estimate of drug-likeness (QED) is 0.734. The van der Waals surface area contributed by atoms with E-state index in [-0.39, 0.29) is 6.42 Å². The predicted octanol–water partition coefficient (Wildman–Crippen LogP) is 2.78. The van der Waals surface area contributed by atoms with Crippen molar-refractivity contribution in [3.8, 4) is 0 Å². The van der Waals surface area contributed by atoms with E-state index in [4.69, 9.17) is 5.11 Å². The topological polar surface area (TPSA) is 37.3 Å². The third-order valence-electron chi connectivity index (χ3n) is 1.79. The predicted molar refractivity (Wildman–Crippen MR) is 59.5 cm³/mol. The van der Waals surface area contributed by atoms with Crippen molar-refractivity contribution >= 4 is 17.7 Å². The van der Waals surface area contributed by atoms with Gasteiger partial charge in [-0.1, -0.05) is 30.3 Å². The van der Waals surface area contributed by atoms with E-state index in [0.717, 1.165) is 17.9 Å². The number of carboxylic acids is 1. The molecule has 0 saturated heterocycles. The second-order valence-electron chi connectivity index (χ2n) is 3.04. The lowest BCUT2D eigenvalue weighted by Gasteiger charge is -2.00. The molecule has 1 aromatic rings. The first-order chi connectivity index (χ1) is 6.79. The van der Waals surface area contributed by atoms with Crippen LogP contribution < -0.4 is 0 Å². The van der Waals surface area contributed by atoms with E-state index in [2.05, 4.69) is 12.1 Å². The second kappa shape index (κ2) is 6.49. The highest BCUT2D eigenvalue weighted by Crippen LogP contribution is 2.13. The smallest absolute Gasteiger partial charge is 0.303 e. The number of aliphatic carboxylic acids is 1. The molecule has 0 unspecified atom stereocenters. The summed E-state index contributed by atoms with van der Waals surface area (Å²) in [4.78, 5) is 10.2. The van der Waals surface area contributed by atoms with E-state index < -0.39 is 5.97 Å². The van der Waals surface area contributed by atoms with Gasteiger partial charge in [-0.25, -0.2) is 0 Å². The molecule has 0 fully saturated rings. The van der Waals surface area contributed by atoms with Gasteiger partial charge in [0.25, 0.3) is 0 Å². The third-order valence-corrected chi connectivity index (χ3v) is 2.91. The summed E-state index contributed by atoms with van der Waals surface area (Å²) in [5, 5.41) is 8.42. The molecule has 0 aliphatic carbocycles. The van der Waals surface area contributed by atoms with Crippen LogP contribution in [0.25, 0.3) is 0 Å². The fraction of sp³-hybridized carbons (Fsp3) is 0.364. The van der Waals surface area contributed by atoms with Gasteiger partial charge in [-0.15, -0.1) is 0 Å². The van der Waals surface area contributed by atoms with E-state index in [1.165, 1.54) is 5.56 Å². The SMILES string of the molecule is O=C(O)CCCSCc1ccccc1. The fourth-order valence-corrected chi connectivity index (χ4v) is 2.01. The van der Waals surface area contributed by atoms with Gasteiger partial charge >= 0.3 is 5.97 Å². The van der Waals surface area contributed by atoms with E-state index in [0.29, 0.717) is 0 Å².